The molecule has 6 nitrogen and oxygen atoms in total. The van der Waals surface area contributed by atoms with Crippen LogP contribution in [0.5, 0.6) is 11.5 Å². The molecule has 0 N–H and O–H groups in total. The molecule has 0 aliphatic carbocycles. The number of ether oxygens (including phenoxy) is 2. The molecule has 0 saturated carbocycles. The average Bonchev–Trinajstić information content (AvgIpc) is 3.29. The summed E-state index contributed by atoms with van der Waals surface area (Å²) >= 11 is 2.82. The van der Waals surface area contributed by atoms with E-state index >= 15 is 0 Å². The number of benzene rings is 2. The van der Waals surface area contributed by atoms with Crippen molar-refractivity contribution in [1.82, 2.24) is 9.88 Å². The van der Waals surface area contributed by atoms with E-state index in [1.165, 1.54) is 23.1 Å². The van der Waals surface area contributed by atoms with Gasteiger partial charge in [0.15, 0.2) is 16.7 Å². The minimum Gasteiger partial charge on any atom is -0.493 e. The second kappa shape index (κ2) is 8.73. The molecule has 0 spiro atoms. The lowest BCUT2D eigenvalue weighted by Gasteiger charge is -2.11. The molecule has 0 unspecified atom stereocenters. The maximum Gasteiger partial charge on any atom is 0.267 e. The molecule has 152 valence electrons. The number of aliphatic imine (C=N–C) groups is 1. The number of methoxy groups -OCH3 is 2. The van der Waals surface area contributed by atoms with Crippen molar-refractivity contribution < 1.29 is 14.3 Å². The number of aromatic nitrogens is 1. The number of hydrogen-bond acceptors (Lipinski definition) is 7. The van der Waals surface area contributed by atoms with Gasteiger partial charge in [-0.15, -0.1) is 6.58 Å². The second-order valence-electron chi connectivity index (χ2n) is 6.29. The number of rotatable bonds is 6. The zero-order chi connectivity index (χ0) is 21.1. The number of thiazole rings is 1. The fourth-order valence-electron chi connectivity index (χ4n) is 2.97. The molecule has 1 aliphatic heterocycles. The summed E-state index contributed by atoms with van der Waals surface area (Å²) in [5.74, 6) is 1.12. The van der Waals surface area contributed by atoms with Crippen LogP contribution >= 0.6 is 23.1 Å². The normalized spacial score (nSPS) is 16.6. The lowest BCUT2D eigenvalue weighted by molar-refractivity contribution is -0.121. The van der Waals surface area contributed by atoms with Gasteiger partial charge in [-0.05, 0) is 47.7 Å². The van der Waals surface area contributed by atoms with E-state index in [1.54, 1.807) is 25.2 Å². The van der Waals surface area contributed by atoms with Gasteiger partial charge in [0.1, 0.15) is 0 Å². The van der Waals surface area contributed by atoms with Gasteiger partial charge < -0.3 is 9.47 Å². The largest absolute Gasteiger partial charge is 0.493 e. The predicted molar refractivity (Wildman–Crippen MR) is 124 cm³/mol. The van der Waals surface area contributed by atoms with Crippen LogP contribution in [-0.2, 0) is 4.79 Å². The van der Waals surface area contributed by atoms with E-state index in [9.17, 15) is 4.79 Å². The molecule has 1 aromatic heterocycles. The predicted octanol–water partition coefficient (Wildman–Crippen LogP) is 5.10. The minimum absolute atomic E-state index is 0.116. The lowest BCUT2D eigenvalue weighted by Crippen LogP contribution is -2.29. The molecular formula is C22H19N3O3S2. The van der Waals surface area contributed by atoms with E-state index in [-0.39, 0.29) is 5.91 Å². The summed E-state index contributed by atoms with van der Waals surface area (Å²) in [6.07, 6.45) is 3.51. The summed E-state index contributed by atoms with van der Waals surface area (Å²) in [7, 11) is 3.17. The number of amides is 1. The molecule has 1 amide bonds. The molecule has 8 heteroatoms. The van der Waals surface area contributed by atoms with Crippen molar-refractivity contribution in [2.24, 2.45) is 4.99 Å². The molecule has 0 atom stereocenters. The van der Waals surface area contributed by atoms with Crippen molar-refractivity contribution in [3.63, 3.8) is 0 Å². The third-order valence-corrected chi connectivity index (χ3v) is 6.32. The zero-order valence-corrected chi connectivity index (χ0v) is 18.1. The van der Waals surface area contributed by atoms with Gasteiger partial charge in [0, 0.05) is 6.54 Å². The maximum absolute atomic E-state index is 13.0. The summed E-state index contributed by atoms with van der Waals surface area (Å²) in [6.45, 7) is 4.14. The average molecular weight is 438 g/mol. The highest BCUT2D eigenvalue weighted by Gasteiger charge is 2.33. The molecule has 1 fully saturated rings. The summed E-state index contributed by atoms with van der Waals surface area (Å²) in [5.41, 5.74) is 1.73. The first-order valence-electron chi connectivity index (χ1n) is 9.11. The molecule has 0 radical (unpaired) electrons. The van der Waals surface area contributed by atoms with Gasteiger partial charge in [-0.2, -0.15) is 4.99 Å². The zero-order valence-electron chi connectivity index (χ0n) is 16.5. The Morgan fingerprint density at radius 2 is 1.97 bits per heavy atom. The van der Waals surface area contributed by atoms with Crippen molar-refractivity contribution in [3.8, 4) is 11.5 Å². The summed E-state index contributed by atoms with van der Waals surface area (Å²) in [6, 6.07) is 13.4. The number of fused-ring (bicyclic) bond motifs is 1. The fourth-order valence-corrected chi connectivity index (χ4v) is 4.85. The number of carbonyl (C=O) groups is 1. The lowest BCUT2D eigenvalue weighted by atomic mass is 10.2. The van der Waals surface area contributed by atoms with E-state index < -0.39 is 0 Å². The molecule has 2 aromatic carbocycles. The van der Waals surface area contributed by atoms with Crippen LogP contribution in [0.15, 0.2) is 65.0 Å². The highest BCUT2D eigenvalue weighted by Crippen LogP contribution is 2.37. The van der Waals surface area contributed by atoms with Gasteiger partial charge >= 0.3 is 0 Å². The van der Waals surface area contributed by atoms with Crippen molar-refractivity contribution in [1.29, 1.82) is 0 Å². The second-order valence-corrected chi connectivity index (χ2v) is 8.31. The molecule has 2 heterocycles. The fraction of sp³-hybridized carbons (Fsp3) is 0.136. The van der Waals surface area contributed by atoms with Crippen molar-refractivity contribution >= 4 is 55.6 Å². The van der Waals surface area contributed by atoms with Crippen LogP contribution in [-0.4, -0.2) is 41.7 Å². The molecule has 30 heavy (non-hydrogen) atoms. The van der Waals surface area contributed by atoms with Gasteiger partial charge in [-0.3, -0.25) is 9.69 Å². The number of para-hydroxylation sites is 1. The molecule has 1 saturated heterocycles. The number of hydrogen-bond donors (Lipinski definition) is 0. The minimum atomic E-state index is -0.116. The van der Waals surface area contributed by atoms with Crippen LogP contribution in [0.2, 0.25) is 0 Å². The molecule has 0 bridgehead atoms. The van der Waals surface area contributed by atoms with E-state index in [0.29, 0.717) is 33.2 Å². The number of carbonyl (C=O) groups excluding carboxylic acids is 1. The molecule has 4 rings (SSSR count). The quantitative estimate of drug-likeness (QED) is 0.396. The SMILES string of the molecule is C=CCN1C(=O)/C(=C/c2ccc(OC)c(OC)c2)S/C1=N\c1nc2ccccc2s1. The first kappa shape index (κ1) is 20.2. The van der Waals surface area contributed by atoms with Gasteiger partial charge in [0.2, 0.25) is 5.13 Å². The van der Waals surface area contributed by atoms with Gasteiger partial charge in [-0.1, -0.05) is 35.6 Å². The van der Waals surface area contributed by atoms with Crippen LogP contribution in [0.4, 0.5) is 5.13 Å². The Bertz CT molecular complexity index is 1150. The summed E-state index contributed by atoms with van der Waals surface area (Å²) in [5, 5.41) is 1.21. The van der Waals surface area contributed by atoms with Crippen LogP contribution in [0.3, 0.4) is 0 Å². The maximum atomic E-state index is 13.0. The molecule has 1 aliphatic rings. The third-order valence-electron chi connectivity index (χ3n) is 4.38. The number of thioether (sulfide) groups is 1. The highest BCUT2D eigenvalue weighted by atomic mass is 32.2. The van der Waals surface area contributed by atoms with Crippen molar-refractivity contribution in [2.45, 2.75) is 0 Å². The van der Waals surface area contributed by atoms with Crippen LogP contribution in [0.25, 0.3) is 16.3 Å². The smallest absolute Gasteiger partial charge is 0.267 e. The van der Waals surface area contributed by atoms with Crippen LogP contribution in [0, 0.1) is 0 Å². The number of nitrogens with zero attached hydrogens (tertiary/aromatic N) is 3. The van der Waals surface area contributed by atoms with Crippen molar-refractivity contribution in [3.05, 3.63) is 65.6 Å². The molecule has 3 aromatic rings. The topological polar surface area (TPSA) is 64.0 Å². The Kier molecular flexibility index (Phi) is 5.87. The Balaban J connectivity index is 1.68. The first-order valence-corrected chi connectivity index (χ1v) is 10.7. The Hall–Kier alpha value is -3.10. The third kappa shape index (κ3) is 3.96. The van der Waals surface area contributed by atoms with Gasteiger partial charge in [-0.25, -0.2) is 4.98 Å². The van der Waals surface area contributed by atoms with Gasteiger partial charge in [0.25, 0.3) is 5.91 Å². The van der Waals surface area contributed by atoms with Gasteiger partial charge in [0.05, 0.1) is 29.3 Å². The standard InChI is InChI=1S/C22H19N3O3S2/c1-4-11-25-20(26)19(13-14-9-10-16(27-2)17(12-14)28-3)30-22(25)24-21-23-15-7-5-6-8-18(15)29-21/h4-10,12-13H,1,11H2,2-3H3/b19-13-,24-22-. The summed E-state index contributed by atoms with van der Waals surface area (Å²) < 4.78 is 11.7. The van der Waals surface area contributed by atoms with Crippen LogP contribution in [0.1, 0.15) is 5.56 Å². The first-order chi connectivity index (χ1) is 14.6. The van der Waals surface area contributed by atoms with E-state index in [2.05, 4.69) is 16.6 Å². The Labute approximate surface area is 182 Å². The Morgan fingerprint density at radius 3 is 2.70 bits per heavy atom. The monoisotopic (exact) mass is 437 g/mol. The summed E-state index contributed by atoms with van der Waals surface area (Å²) in [4.78, 5) is 24.4. The van der Waals surface area contributed by atoms with Crippen LogP contribution < -0.4 is 9.47 Å². The Morgan fingerprint density at radius 1 is 1.17 bits per heavy atom. The number of amidine groups is 1. The van der Waals surface area contributed by atoms with E-state index in [1.807, 2.05) is 48.5 Å². The van der Waals surface area contributed by atoms with Crippen molar-refractivity contribution in [2.75, 3.05) is 20.8 Å². The highest BCUT2D eigenvalue weighted by molar-refractivity contribution is 8.18. The molecular weight excluding hydrogens is 418 g/mol. The van der Waals surface area contributed by atoms with E-state index in [0.717, 1.165) is 15.8 Å². The van der Waals surface area contributed by atoms with E-state index in [4.69, 9.17) is 9.47 Å².